The first-order valence-corrected chi connectivity index (χ1v) is 10.9. The van der Waals surface area contributed by atoms with Crippen molar-refractivity contribution >= 4 is 11.6 Å². The molecule has 168 valence electrons. The summed E-state index contributed by atoms with van der Waals surface area (Å²) in [6.45, 7) is 11.0. The molecular weight excluding hydrogens is 410 g/mol. The molecule has 32 heavy (non-hydrogen) atoms. The van der Waals surface area contributed by atoms with E-state index < -0.39 is 23.2 Å². The molecule has 5 nitrogen and oxygen atoms in total. The van der Waals surface area contributed by atoms with Gasteiger partial charge in [-0.15, -0.1) is 0 Å². The number of carbonyl (C=O) groups is 1. The molecule has 0 saturated carbocycles. The summed E-state index contributed by atoms with van der Waals surface area (Å²) in [5.41, 5.74) is 0.601. The van der Waals surface area contributed by atoms with E-state index in [2.05, 4.69) is 21.5 Å². The van der Waals surface area contributed by atoms with Crippen LogP contribution in [-0.2, 0) is 4.79 Å². The molecule has 1 aromatic rings. The van der Waals surface area contributed by atoms with Crippen LogP contribution in [0.15, 0.2) is 72.0 Å². The molecule has 0 aromatic heterocycles. The van der Waals surface area contributed by atoms with Crippen molar-refractivity contribution in [2.45, 2.75) is 31.8 Å². The minimum atomic E-state index is -0.859. The largest absolute Gasteiger partial charge is 0.373 e. The average molecular weight is 439 g/mol. The van der Waals surface area contributed by atoms with Gasteiger partial charge in [-0.3, -0.25) is 9.69 Å². The SMILES string of the molecule is C=C(C)N1CCN(C(C)C(=O)N2N=C(c3cc(F)ccc3F)CC23C=CC=CC=C3)CC1. The normalized spacial score (nSPS) is 21.1. The quantitative estimate of drug-likeness (QED) is 0.717. The number of amides is 1. The lowest BCUT2D eigenvalue weighted by Gasteiger charge is -2.40. The molecule has 1 fully saturated rings. The van der Waals surface area contributed by atoms with Crippen molar-refractivity contribution in [2.75, 3.05) is 26.2 Å². The van der Waals surface area contributed by atoms with E-state index in [9.17, 15) is 13.6 Å². The molecule has 0 N–H and O–H groups in total. The number of benzene rings is 1. The number of carbonyl (C=O) groups excluding carboxylic acids is 1. The second-order valence-electron chi connectivity index (χ2n) is 8.53. The number of piperazine rings is 1. The molecule has 0 bridgehead atoms. The van der Waals surface area contributed by atoms with E-state index in [1.54, 1.807) is 0 Å². The van der Waals surface area contributed by atoms with E-state index in [1.807, 2.05) is 50.3 Å². The predicted octanol–water partition coefficient (Wildman–Crippen LogP) is 3.86. The molecular formula is C25H28F2N4O. The minimum Gasteiger partial charge on any atom is -0.373 e. The van der Waals surface area contributed by atoms with Crippen molar-refractivity contribution in [1.82, 2.24) is 14.8 Å². The molecule has 7 heteroatoms. The maximum absolute atomic E-state index is 14.5. The van der Waals surface area contributed by atoms with Gasteiger partial charge < -0.3 is 4.90 Å². The molecule has 1 spiro atoms. The molecule has 3 aliphatic rings. The van der Waals surface area contributed by atoms with Gasteiger partial charge in [-0.05, 0) is 32.0 Å². The highest BCUT2D eigenvalue weighted by atomic mass is 19.1. The first-order chi connectivity index (χ1) is 15.3. The van der Waals surface area contributed by atoms with Gasteiger partial charge in [-0.2, -0.15) is 5.10 Å². The van der Waals surface area contributed by atoms with Crippen molar-refractivity contribution in [3.05, 3.63) is 84.1 Å². The van der Waals surface area contributed by atoms with Crippen LogP contribution in [0.2, 0.25) is 0 Å². The zero-order chi connectivity index (χ0) is 22.9. The molecule has 1 unspecified atom stereocenters. The van der Waals surface area contributed by atoms with E-state index in [0.29, 0.717) is 5.71 Å². The van der Waals surface area contributed by atoms with E-state index in [1.165, 1.54) is 5.01 Å². The van der Waals surface area contributed by atoms with Crippen LogP contribution in [0.25, 0.3) is 0 Å². The van der Waals surface area contributed by atoms with Crippen LogP contribution in [0, 0.1) is 11.6 Å². The fraction of sp³-hybridized carbons (Fsp3) is 0.360. The second kappa shape index (κ2) is 8.82. The number of hydrogen-bond donors (Lipinski definition) is 0. The molecule has 2 aliphatic heterocycles. The van der Waals surface area contributed by atoms with E-state index in [0.717, 1.165) is 50.1 Å². The molecule has 1 amide bonds. The number of nitrogens with zero attached hydrogens (tertiary/aromatic N) is 4. The first kappa shape index (κ1) is 22.1. The topological polar surface area (TPSA) is 39.1 Å². The van der Waals surface area contributed by atoms with Crippen molar-refractivity contribution in [3.8, 4) is 0 Å². The Kier molecular flexibility index (Phi) is 6.11. The first-order valence-electron chi connectivity index (χ1n) is 10.9. The van der Waals surface area contributed by atoms with E-state index >= 15 is 0 Å². The van der Waals surface area contributed by atoms with Crippen LogP contribution >= 0.6 is 0 Å². The third-order valence-corrected chi connectivity index (χ3v) is 6.38. The van der Waals surface area contributed by atoms with Crippen molar-refractivity contribution < 1.29 is 13.6 Å². The third kappa shape index (κ3) is 4.17. The zero-order valence-corrected chi connectivity index (χ0v) is 18.5. The average Bonchev–Trinajstić information content (AvgIpc) is 2.98. The van der Waals surface area contributed by atoms with Gasteiger partial charge in [0.2, 0.25) is 0 Å². The third-order valence-electron chi connectivity index (χ3n) is 6.38. The maximum Gasteiger partial charge on any atom is 0.260 e. The summed E-state index contributed by atoms with van der Waals surface area (Å²) in [6, 6.07) is 2.90. The number of hydrogen-bond acceptors (Lipinski definition) is 4. The molecule has 1 saturated heterocycles. The van der Waals surface area contributed by atoms with Gasteiger partial charge in [-0.1, -0.05) is 43.0 Å². The highest BCUT2D eigenvalue weighted by molar-refractivity contribution is 6.05. The number of rotatable bonds is 4. The lowest BCUT2D eigenvalue weighted by molar-refractivity contribution is -0.139. The molecule has 1 aromatic carbocycles. The molecule has 1 aliphatic carbocycles. The number of halogens is 2. The summed E-state index contributed by atoms with van der Waals surface area (Å²) in [7, 11) is 0. The summed E-state index contributed by atoms with van der Waals surface area (Å²) in [5, 5.41) is 6.00. The zero-order valence-electron chi connectivity index (χ0n) is 18.5. The van der Waals surface area contributed by atoms with E-state index in [4.69, 9.17) is 0 Å². The highest BCUT2D eigenvalue weighted by Gasteiger charge is 2.45. The van der Waals surface area contributed by atoms with Crippen molar-refractivity contribution in [3.63, 3.8) is 0 Å². The number of hydrazone groups is 1. The summed E-state index contributed by atoms with van der Waals surface area (Å²) < 4.78 is 28.4. The Bertz CT molecular complexity index is 1020. The summed E-state index contributed by atoms with van der Waals surface area (Å²) in [6.07, 6.45) is 11.5. The van der Waals surface area contributed by atoms with Gasteiger partial charge in [0.05, 0.1) is 11.8 Å². The Morgan fingerprint density at radius 1 is 1.09 bits per heavy atom. The molecule has 2 heterocycles. The van der Waals surface area contributed by atoms with Crippen molar-refractivity contribution in [1.29, 1.82) is 0 Å². The second-order valence-corrected chi connectivity index (χ2v) is 8.53. The summed E-state index contributed by atoms with van der Waals surface area (Å²) in [5.74, 6) is -1.27. The maximum atomic E-state index is 14.5. The number of allylic oxidation sites excluding steroid dienone is 5. The Labute approximate surface area is 187 Å². The van der Waals surface area contributed by atoms with Crippen LogP contribution in [0.3, 0.4) is 0 Å². The monoisotopic (exact) mass is 438 g/mol. The van der Waals surface area contributed by atoms with Gasteiger partial charge in [0.25, 0.3) is 5.91 Å². The smallest absolute Gasteiger partial charge is 0.260 e. The lowest BCUT2D eigenvalue weighted by Crippen LogP contribution is -2.56. The summed E-state index contributed by atoms with van der Waals surface area (Å²) in [4.78, 5) is 18.0. The molecule has 1 atom stereocenters. The fourth-order valence-corrected chi connectivity index (χ4v) is 4.43. The Balaban J connectivity index is 1.64. The van der Waals surface area contributed by atoms with Crippen LogP contribution in [-0.4, -0.2) is 64.2 Å². The van der Waals surface area contributed by atoms with Gasteiger partial charge in [0.15, 0.2) is 0 Å². The van der Waals surface area contributed by atoms with Gasteiger partial charge in [0.1, 0.15) is 17.2 Å². The van der Waals surface area contributed by atoms with Gasteiger partial charge in [-0.25, -0.2) is 13.8 Å². The molecule has 4 rings (SSSR count). The Morgan fingerprint density at radius 3 is 2.38 bits per heavy atom. The Hall–Kier alpha value is -3.06. The van der Waals surface area contributed by atoms with Crippen molar-refractivity contribution in [2.24, 2.45) is 5.10 Å². The molecule has 0 radical (unpaired) electrons. The Morgan fingerprint density at radius 2 is 1.75 bits per heavy atom. The standard InChI is InChI=1S/C25H28F2N4O/c1-18(2)29-12-14-30(15-13-29)19(3)24(32)31-25(10-6-4-5-7-11-25)17-23(28-31)21-16-20(26)8-9-22(21)27/h4-11,16,19H,1,12-15,17H2,2-3H3. The lowest BCUT2D eigenvalue weighted by atomic mass is 9.89. The van der Waals surface area contributed by atoms with Gasteiger partial charge >= 0.3 is 0 Å². The van der Waals surface area contributed by atoms with Gasteiger partial charge in [0, 0.05) is 43.9 Å². The highest BCUT2D eigenvalue weighted by Crippen LogP contribution is 2.35. The van der Waals surface area contributed by atoms with Crippen LogP contribution in [0.5, 0.6) is 0 Å². The minimum absolute atomic E-state index is 0.0846. The van der Waals surface area contributed by atoms with Crippen LogP contribution in [0.4, 0.5) is 8.78 Å². The van der Waals surface area contributed by atoms with E-state index in [-0.39, 0.29) is 17.9 Å². The summed E-state index contributed by atoms with van der Waals surface area (Å²) >= 11 is 0. The van der Waals surface area contributed by atoms with Crippen LogP contribution in [0.1, 0.15) is 25.8 Å². The fourth-order valence-electron chi connectivity index (χ4n) is 4.43. The predicted molar refractivity (Wildman–Crippen MR) is 122 cm³/mol. The van der Waals surface area contributed by atoms with Crippen LogP contribution < -0.4 is 0 Å².